The molecule has 0 aliphatic rings. The smallest absolute Gasteiger partial charge is 0.139 e. The third-order valence-corrected chi connectivity index (χ3v) is 5.59. The fourth-order valence-electron chi connectivity index (χ4n) is 2.70. The maximum Gasteiger partial charge on any atom is 0.139 e. The highest BCUT2D eigenvalue weighted by molar-refractivity contribution is 7.18. The van der Waals surface area contributed by atoms with Crippen LogP contribution >= 0.6 is 11.3 Å². The molecule has 3 rings (SSSR count). The number of pyridine rings is 1. The van der Waals surface area contributed by atoms with Gasteiger partial charge >= 0.3 is 0 Å². The van der Waals surface area contributed by atoms with Crippen molar-refractivity contribution in [3.63, 3.8) is 0 Å². The van der Waals surface area contributed by atoms with E-state index in [2.05, 4.69) is 50.1 Å². The number of aromatic nitrogens is 3. The summed E-state index contributed by atoms with van der Waals surface area (Å²) in [5.41, 5.74) is 1.89. The summed E-state index contributed by atoms with van der Waals surface area (Å²) in [4.78, 5) is 22.3. The maximum absolute atomic E-state index is 4.60. The zero-order valence-corrected chi connectivity index (χ0v) is 17.1. The molecule has 0 aromatic carbocycles. The van der Waals surface area contributed by atoms with Crippen LogP contribution in [0.1, 0.15) is 42.5 Å². The molecule has 142 valence electrons. The van der Waals surface area contributed by atoms with Crippen LogP contribution in [0.3, 0.4) is 0 Å². The number of nitrogens with one attached hydrogen (secondary N) is 1. The normalized spacial score (nSPS) is 12.9. The van der Waals surface area contributed by atoms with Crippen LogP contribution < -0.4 is 5.32 Å². The summed E-state index contributed by atoms with van der Waals surface area (Å²) in [6.45, 7) is 5.71. The van der Waals surface area contributed by atoms with Crippen molar-refractivity contribution in [2.24, 2.45) is 4.99 Å². The number of hydrogen-bond acceptors (Lipinski definition) is 7. The van der Waals surface area contributed by atoms with Crippen LogP contribution in [-0.4, -0.2) is 46.8 Å². The molecule has 1 N–H and O–H groups in total. The molecule has 0 aliphatic heterocycles. The second kappa shape index (κ2) is 9.01. The number of thiophene rings is 1. The fraction of sp³-hybridized carbons (Fsp3) is 0.400. The Morgan fingerprint density at radius 1 is 1.30 bits per heavy atom. The van der Waals surface area contributed by atoms with Crippen molar-refractivity contribution in [3.05, 3.63) is 46.9 Å². The van der Waals surface area contributed by atoms with Crippen LogP contribution in [0.15, 0.2) is 35.6 Å². The lowest BCUT2D eigenvalue weighted by atomic mass is 10.1. The van der Waals surface area contributed by atoms with E-state index >= 15 is 0 Å². The number of fused-ring (bicyclic) bond motifs is 1. The molecule has 0 aliphatic carbocycles. The summed E-state index contributed by atoms with van der Waals surface area (Å²) in [7, 11) is 4.07. The molecule has 0 spiro atoms. The van der Waals surface area contributed by atoms with Crippen LogP contribution in [0.5, 0.6) is 0 Å². The predicted octanol–water partition coefficient (Wildman–Crippen LogP) is 4.15. The van der Waals surface area contributed by atoms with Crippen molar-refractivity contribution < 1.29 is 0 Å². The highest BCUT2D eigenvalue weighted by Gasteiger charge is 2.12. The Hall–Kier alpha value is -2.38. The van der Waals surface area contributed by atoms with Crippen molar-refractivity contribution in [1.82, 2.24) is 19.9 Å². The summed E-state index contributed by atoms with van der Waals surface area (Å²) in [6, 6.07) is 8.20. The first kappa shape index (κ1) is 19.4. The van der Waals surface area contributed by atoms with E-state index in [9.17, 15) is 0 Å². The van der Waals surface area contributed by atoms with Crippen LogP contribution in [0.4, 0.5) is 5.82 Å². The van der Waals surface area contributed by atoms with Crippen molar-refractivity contribution >= 4 is 33.6 Å². The Morgan fingerprint density at radius 2 is 2.15 bits per heavy atom. The lowest BCUT2D eigenvalue weighted by Gasteiger charge is -2.08. The second-order valence-corrected chi connectivity index (χ2v) is 7.90. The molecular formula is C20H26N6S. The topological polar surface area (TPSA) is 66.3 Å². The van der Waals surface area contributed by atoms with E-state index in [0.717, 1.165) is 40.4 Å². The SMILES string of the molecule is CCC(C)c1cc2c(NC/N=C/c3cccc(CN(C)C)n3)ncnc2s1. The molecule has 0 fully saturated rings. The average Bonchev–Trinajstić information content (AvgIpc) is 3.09. The molecule has 0 saturated heterocycles. The van der Waals surface area contributed by atoms with Gasteiger partial charge in [0.15, 0.2) is 0 Å². The molecule has 7 heteroatoms. The fourth-order valence-corrected chi connectivity index (χ4v) is 3.83. The Labute approximate surface area is 164 Å². The molecule has 1 unspecified atom stereocenters. The van der Waals surface area contributed by atoms with Gasteiger partial charge in [0.1, 0.15) is 23.6 Å². The zero-order chi connectivity index (χ0) is 19.2. The van der Waals surface area contributed by atoms with Gasteiger partial charge in [0.25, 0.3) is 0 Å². The molecule has 0 saturated carbocycles. The van der Waals surface area contributed by atoms with Crippen molar-refractivity contribution in [1.29, 1.82) is 0 Å². The Balaban J connectivity index is 1.67. The van der Waals surface area contributed by atoms with Crippen LogP contribution in [0, 0.1) is 0 Å². The standard InChI is InChI=1S/C20H26N6S/c1-5-14(2)18-9-17-19(23-13-24-20(17)27-18)22-12-21-10-15-7-6-8-16(25-15)11-26(3)4/h6-10,13-14H,5,11-12H2,1-4H3,(H,22,23,24)/b21-10+. The third-order valence-electron chi connectivity index (χ3n) is 4.31. The first-order valence-electron chi connectivity index (χ1n) is 9.15. The molecule has 1 atom stereocenters. The lowest BCUT2D eigenvalue weighted by molar-refractivity contribution is 0.397. The zero-order valence-electron chi connectivity index (χ0n) is 16.3. The quantitative estimate of drug-likeness (QED) is 0.593. The van der Waals surface area contributed by atoms with Crippen molar-refractivity contribution in [2.75, 3.05) is 26.1 Å². The van der Waals surface area contributed by atoms with E-state index in [1.165, 1.54) is 4.88 Å². The Morgan fingerprint density at radius 3 is 2.93 bits per heavy atom. The molecule has 27 heavy (non-hydrogen) atoms. The summed E-state index contributed by atoms with van der Waals surface area (Å²) in [5.74, 6) is 1.37. The second-order valence-electron chi connectivity index (χ2n) is 6.84. The van der Waals surface area contributed by atoms with Gasteiger partial charge in [-0.05, 0) is 44.6 Å². The van der Waals surface area contributed by atoms with Gasteiger partial charge < -0.3 is 10.2 Å². The highest BCUT2D eigenvalue weighted by atomic mass is 32.1. The van der Waals surface area contributed by atoms with Gasteiger partial charge in [-0.1, -0.05) is 19.9 Å². The van der Waals surface area contributed by atoms with Gasteiger partial charge in [0, 0.05) is 17.6 Å². The van der Waals surface area contributed by atoms with Crippen molar-refractivity contribution in [3.8, 4) is 0 Å². The summed E-state index contributed by atoms with van der Waals surface area (Å²) >= 11 is 1.74. The average molecular weight is 383 g/mol. The predicted molar refractivity (Wildman–Crippen MR) is 114 cm³/mol. The third kappa shape index (κ3) is 5.08. The molecule has 3 heterocycles. The minimum atomic E-state index is 0.445. The van der Waals surface area contributed by atoms with Gasteiger partial charge in [-0.25, -0.2) is 9.97 Å². The molecule has 0 amide bonds. The largest absolute Gasteiger partial charge is 0.350 e. The van der Waals surface area contributed by atoms with E-state index in [4.69, 9.17) is 0 Å². The van der Waals surface area contributed by atoms with E-state index < -0.39 is 0 Å². The van der Waals surface area contributed by atoms with E-state index in [0.29, 0.717) is 12.6 Å². The summed E-state index contributed by atoms with van der Waals surface area (Å²) < 4.78 is 0. The minimum Gasteiger partial charge on any atom is -0.350 e. The lowest BCUT2D eigenvalue weighted by Crippen LogP contribution is -2.12. The first-order chi connectivity index (χ1) is 13.1. The first-order valence-corrected chi connectivity index (χ1v) is 9.97. The number of hydrogen-bond donors (Lipinski definition) is 1. The number of anilines is 1. The van der Waals surface area contributed by atoms with Gasteiger partial charge in [-0.2, -0.15) is 0 Å². The Bertz CT molecular complexity index is 918. The minimum absolute atomic E-state index is 0.445. The summed E-state index contributed by atoms with van der Waals surface area (Å²) in [5, 5.41) is 4.37. The monoisotopic (exact) mass is 382 g/mol. The van der Waals surface area contributed by atoms with E-state index in [1.54, 1.807) is 23.9 Å². The summed E-state index contributed by atoms with van der Waals surface area (Å²) in [6.07, 6.45) is 4.52. The number of nitrogens with zero attached hydrogens (tertiary/aromatic N) is 5. The molecule has 0 radical (unpaired) electrons. The molecule has 6 nitrogen and oxygen atoms in total. The maximum atomic E-state index is 4.60. The van der Waals surface area contributed by atoms with Crippen LogP contribution in [-0.2, 0) is 6.54 Å². The van der Waals surface area contributed by atoms with E-state index in [1.807, 2.05) is 32.3 Å². The Kier molecular flexibility index (Phi) is 6.47. The molecule has 0 bridgehead atoms. The van der Waals surface area contributed by atoms with Gasteiger partial charge in [-0.15, -0.1) is 11.3 Å². The molecule has 3 aromatic heterocycles. The molecule has 3 aromatic rings. The van der Waals surface area contributed by atoms with E-state index in [-0.39, 0.29) is 0 Å². The van der Waals surface area contributed by atoms with Crippen LogP contribution in [0.25, 0.3) is 10.2 Å². The van der Waals surface area contributed by atoms with Crippen molar-refractivity contribution in [2.45, 2.75) is 32.7 Å². The number of rotatable bonds is 8. The highest BCUT2D eigenvalue weighted by Crippen LogP contribution is 2.33. The molecular weight excluding hydrogens is 356 g/mol. The van der Waals surface area contributed by atoms with Crippen LogP contribution in [0.2, 0.25) is 0 Å². The van der Waals surface area contributed by atoms with Gasteiger partial charge in [0.2, 0.25) is 0 Å². The van der Waals surface area contributed by atoms with Gasteiger partial charge in [-0.3, -0.25) is 9.98 Å². The number of aliphatic imine (C=N–C) groups is 1. The van der Waals surface area contributed by atoms with Gasteiger partial charge in [0.05, 0.1) is 16.8 Å².